The number of hydrogen-bond acceptors (Lipinski definition) is 3. The summed E-state index contributed by atoms with van der Waals surface area (Å²) in [5.74, 6) is -0.787. The number of carbonyl (C=O) groups is 1. The Hall–Kier alpha value is -1.39. The van der Waals surface area contributed by atoms with Crippen LogP contribution in [0.3, 0.4) is 0 Å². The molecule has 0 spiro atoms. The van der Waals surface area contributed by atoms with E-state index >= 15 is 0 Å². The van der Waals surface area contributed by atoms with Crippen LogP contribution in [0.25, 0.3) is 10.1 Å². The SMILES string of the molecule is CC(C(=O)O)N(C)C(C)c1cc2ccccc2s1. The third-order valence-corrected chi connectivity index (χ3v) is 4.72. The minimum atomic E-state index is -0.787. The molecule has 1 aromatic heterocycles. The predicted octanol–water partition coefficient (Wildman–Crippen LogP) is 3.37. The number of fused-ring (bicyclic) bond motifs is 1. The lowest BCUT2D eigenvalue weighted by Crippen LogP contribution is -2.37. The molecule has 2 aromatic rings. The summed E-state index contributed by atoms with van der Waals surface area (Å²) in [4.78, 5) is 14.1. The maximum Gasteiger partial charge on any atom is 0.320 e. The first-order chi connectivity index (χ1) is 8.50. The molecule has 4 heteroatoms. The van der Waals surface area contributed by atoms with Crippen molar-refractivity contribution in [2.45, 2.75) is 25.9 Å². The van der Waals surface area contributed by atoms with Crippen molar-refractivity contribution in [3.63, 3.8) is 0 Å². The molecule has 1 heterocycles. The highest BCUT2D eigenvalue weighted by atomic mass is 32.1. The number of aliphatic carboxylic acids is 1. The van der Waals surface area contributed by atoms with E-state index in [0.29, 0.717) is 0 Å². The van der Waals surface area contributed by atoms with E-state index in [9.17, 15) is 4.79 Å². The van der Waals surface area contributed by atoms with E-state index in [1.807, 2.05) is 31.0 Å². The van der Waals surface area contributed by atoms with E-state index in [1.165, 1.54) is 15.0 Å². The maximum atomic E-state index is 11.0. The second kappa shape index (κ2) is 5.08. The van der Waals surface area contributed by atoms with Gasteiger partial charge in [-0.2, -0.15) is 0 Å². The van der Waals surface area contributed by atoms with E-state index in [1.54, 1.807) is 18.3 Å². The van der Waals surface area contributed by atoms with Crippen molar-refractivity contribution in [2.75, 3.05) is 7.05 Å². The maximum absolute atomic E-state index is 11.0. The van der Waals surface area contributed by atoms with Crippen LogP contribution in [0.2, 0.25) is 0 Å². The summed E-state index contributed by atoms with van der Waals surface area (Å²) in [5, 5.41) is 10.3. The van der Waals surface area contributed by atoms with Crippen LogP contribution in [0.1, 0.15) is 24.8 Å². The summed E-state index contributed by atoms with van der Waals surface area (Å²) in [6.07, 6.45) is 0. The summed E-state index contributed by atoms with van der Waals surface area (Å²) in [6.45, 7) is 3.76. The normalized spacial score (nSPS) is 14.9. The van der Waals surface area contributed by atoms with Gasteiger partial charge in [0.1, 0.15) is 6.04 Å². The number of thiophene rings is 1. The Morgan fingerprint density at radius 1 is 1.33 bits per heavy atom. The number of likely N-dealkylation sites (N-methyl/N-ethyl adjacent to an activating group) is 1. The fraction of sp³-hybridized carbons (Fsp3) is 0.357. The van der Waals surface area contributed by atoms with Gasteiger partial charge >= 0.3 is 5.97 Å². The smallest absolute Gasteiger partial charge is 0.320 e. The first kappa shape index (κ1) is 13.1. The highest BCUT2D eigenvalue weighted by molar-refractivity contribution is 7.19. The Morgan fingerprint density at radius 2 is 2.00 bits per heavy atom. The molecule has 0 aliphatic rings. The summed E-state index contributed by atoms with van der Waals surface area (Å²) in [7, 11) is 1.86. The quantitative estimate of drug-likeness (QED) is 0.919. The molecule has 0 fully saturated rings. The molecule has 3 nitrogen and oxygen atoms in total. The second-order valence-corrected chi connectivity index (χ2v) is 5.66. The van der Waals surface area contributed by atoms with Crippen molar-refractivity contribution >= 4 is 27.4 Å². The molecule has 96 valence electrons. The number of rotatable bonds is 4. The van der Waals surface area contributed by atoms with Gasteiger partial charge in [0, 0.05) is 15.6 Å². The fourth-order valence-electron chi connectivity index (χ4n) is 1.92. The van der Waals surface area contributed by atoms with Gasteiger partial charge in [-0.05, 0) is 38.4 Å². The molecule has 0 aliphatic heterocycles. The van der Waals surface area contributed by atoms with Crippen LogP contribution in [0.5, 0.6) is 0 Å². The molecule has 0 radical (unpaired) electrons. The zero-order chi connectivity index (χ0) is 13.3. The lowest BCUT2D eigenvalue weighted by molar-refractivity contribution is -0.142. The summed E-state index contributed by atoms with van der Waals surface area (Å²) in [5.41, 5.74) is 0. The zero-order valence-corrected chi connectivity index (χ0v) is 11.6. The fourth-order valence-corrected chi connectivity index (χ4v) is 3.09. The van der Waals surface area contributed by atoms with E-state index in [2.05, 4.69) is 18.2 Å². The third kappa shape index (κ3) is 2.40. The Balaban J connectivity index is 2.27. The Labute approximate surface area is 111 Å². The lowest BCUT2D eigenvalue weighted by atomic mass is 10.1. The highest BCUT2D eigenvalue weighted by Crippen LogP contribution is 2.32. The number of hydrogen-bond donors (Lipinski definition) is 1. The van der Waals surface area contributed by atoms with Crippen LogP contribution in [0.15, 0.2) is 30.3 Å². The average molecular weight is 263 g/mol. The topological polar surface area (TPSA) is 40.5 Å². The number of benzene rings is 1. The van der Waals surface area contributed by atoms with Gasteiger partial charge in [0.2, 0.25) is 0 Å². The second-order valence-electron chi connectivity index (χ2n) is 4.54. The Bertz CT molecular complexity index is 531. The van der Waals surface area contributed by atoms with E-state index < -0.39 is 12.0 Å². The van der Waals surface area contributed by atoms with Gasteiger partial charge in [0.05, 0.1) is 0 Å². The van der Waals surface area contributed by atoms with Gasteiger partial charge in [0.15, 0.2) is 0 Å². The monoisotopic (exact) mass is 263 g/mol. The van der Waals surface area contributed by atoms with E-state index in [-0.39, 0.29) is 6.04 Å². The zero-order valence-electron chi connectivity index (χ0n) is 10.8. The molecule has 2 unspecified atom stereocenters. The van der Waals surface area contributed by atoms with Crippen LogP contribution < -0.4 is 0 Å². The molecule has 0 amide bonds. The first-order valence-corrected chi connectivity index (χ1v) is 6.75. The molecule has 0 bridgehead atoms. The summed E-state index contributed by atoms with van der Waals surface area (Å²) >= 11 is 1.73. The van der Waals surface area contributed by atoms with Crippen LogP contribution in [0.4, 0.5) is 0 Å². The van der Waals surface area contributed by atoms with Gasteiger partial charge in [0.25, 0.3) is 0 Å². The van der Waals surface area contributed by atoms with Crippen molar-refractivity contribution in [1.82, 2.24) is 4.90 Å². The number of carboxylic acid groups (broad SMARTS) is 1. The van der Waals surface area contributed by atoms with E-state index in [4.69, 9.17) is 5.11 Å². The van der Waals surface area contributed by atoms with Crippen LogP contribution >= 0.6 is 11.3 Å². The third-order valence-electron chi connectivity index (χ3n) is 3.44. The van der Waals surface area contributed by atoms with Gasteiger partial charge in [-0.3, -0.25) is 9.69 Å². The van der Waals surface area contributed by atoms with Crippen molar-refractivity contribution < 1.29 is 9.90 Å². The molecule has 2 rings (SSSR count). The number of nitrogens with zero attached hydrogens (tertiary/aromatic N) is 1. The van der Waals surface area contributed by atoms with Crippen LogP contribution in [-0.4, -0.2) is 29.1 Å². The van der Waals surface area contributed by atoms with Crippen molar-refractivity contribution in [3.05, 3.63) is 35.2 Å². The Kier molecular flexibility index (Phi) is 3.68. The molecular formula is C14H17NO2S. The summed E-state index contributed by atoms with van der Waals surface area (Å²) < 4.78 is 1.25. The van der Waals surface area contributed by atoms with Crippen LogP contribution in [-0.2, 0) is 4.79 Å². The minimum Gasteiger partial charge on any atom is -0.480 e. The summed E-state index contributed by atoms with van der Waals surface area (Å²) in [6, 6.07) is 10.00. The molecule has 1 N–H and O–H groups in total. The molecule has 0 saturated heterocycles. The lowest BCUT2D eigenvalue weighted by Gasteiger charge is -2.27. The molecule has 2 atom stereocenters. The van der Waals surface area contributed by atoms with Crippen molar-refractivity contribution in [1.29, 1.82) is 0 Å². The molecule has 1 aromatic carbocycles. The molecule has 0 saturated carbocycles. The largest absolute Gasteiger partial charge is 0.480 e. The van der Waals surface area contributed by atoms with Gasteiger partial charge in [-0.25, -0.2) is 0 Å². The molecular weight excluding hydrogens is 246 g/mol. The molecule has 0 aliphatic carbocycles. The highest BCUT2D eigenvalue weighted by Gasteiger charge is 2.23. The minimum absolute atomic E-state index is 0.105. The average Bonchev–Trinajstić information content (AvgIpc) is 2.79. The first-order valence-electron chi connectivity index (χ1n) is 5.94. The molecule has 18 heavy (non-hydrogen) atoms. The predicted molar refractivity (Wildman–Crippen MR) is 75.1 cm³/mol. The number of carboxylic acids is 1. The van der Waals surface area contributed by atoms with Crippen molar-refractivity contribution in [3.8, 4) is 0 Å². The van der Waals surface area contributed by atoms with Gasteiger partial charge in [-0.1, -0.05) is 18.2 Å². The van der Waals surface area contributed by atoms with Crippen LogP contribution in [0, 0.1) is 0 Å². The van der Waals surface area contributed by atoms with E-state index in [0.717, 1.165) is 0 Å². The Morgan fingerprint density at radius 3 is 2.61 bits per heavy atom. The van der Waals surface area contributed by atoms with Crippen molar-refractivity contribution in [2.24, 2.45) is 0 Å². The standard InChI is InChI=1S/C14H17NO2S/c1-9(15(3)10(2)14(16)17)13-8-11-6-4-5-7-12(11)18-13/h4-10H,1-3H3,(H,16,17). The van der Waals surface area contributed by atoms with Gasteiger partial charge < -0.3 is 5.11 Å². The van der Waals surface area contributed by atoms with Gasteiger partial charge in [-0.15, -0.1) is 11.3 Å².